The van der Waals surface area contributed by atoms with Crippen LogP contribution in [0.15, 0.2) is 36.9 Å². The first-order chi connectivity index (χ1) is 11.3. The summed E-state index contributed by atoms with van der Waals surface area (Å²) in [5.74, 6) is -2.41. The Morgan fingerprint density at radius 2 is 1.75 bits per heavy atom. The number of hydrogen-bond donors (Lipinski definition) is 0. The minimum Gasteiger partial charge on any atom is -0.340 e. The third-order valence-electron chi connectivity index (χ3n) is 3.50. The molecule has 1 fully saturated rings. The molecule has 0 aliphatic carbocycles. The summed E-state index contributed by atoms with van der Waals surface area (Å²) in [5, 5.41) is 0.585. The van der Waals surface area contributed by atoms with E-state index in [1.165, 1.54) is 11.0 Å². The molecule has 1 aromatic rings. The highest BCUT2D eigenvalue weighted by Gasteiger charge is 2.44. The molecule has 2 rings (SSSR count). The average Bonchev–Trinajstić information content (AvgIpc) is 2.75. The van der Waals surface area contributed by atoms with Crippen LogP contribution in [0.2, 0.25) is 5.02 Å². The summed E-state index contributed by atoms with van der Waals surface area (Å²) in [5.41, 5.74) is 0.846. The maximum absolute atomic E-state index is 12.2. The second kappa shape index (κ2) is 7.27. The minimum absolute atomic E-state index is 0.0747. The minimum atomic E-state index is -1.00. The molecule has 8 heteroatoms. The molecule has 24 heavy (non-hydrogen) atoms. The van der Waals surface area contributed by atoms with Crippen LogP contribution in [0.1, 0.15) is 5.56 Å². The Morgan fingerprint density at radius 3 is 2.33 bits per heavy atom. The molecule has 0 unspecified atom stereocenters. The highest BCUT2D eigenvalue weighted by Crippen LogP contribution is 2.14. The Kier molecular flexibility index (Phi) is 5.35. The van der Waals surface area contributed by atoms with Crippen LogP contribution in [0.4, 0.5) is 4.79 Å². The topological polar surface area (TPSA) is 78.0 Å². The number of amides is 5. The predicted octanol–water partition coefficient (Wildman–Crippen LogP) is 1.28. The first kappa shape index (κ1) is 17.7. The van der Waals surface area contributed by atoms with Gasteiger partial charge in [-0.3, -0.25) is 19.3 Å². The van der Waals surface area contributed by atoms with Crippen LogP contribution in [0.5, 0.6) is 0 Å². The lowest BCUT2D eigenvalue weighted by atomic mass is 10.2. The van der Waals surface area contributed by atoms with Crippen molar-refractivity contribution in [3.63, 3.8) is 0 Å². The monoisotopic (exact) mass is 349 g/mol. The van der Waals surface area contributed by atoms with Gasteiger partial charge in [-0.2, -0.15) is 0 Å². The lowest BCUT2D eigenvalue weighted by molar-refractivity contribution is -0.144. The van der Waals surface area contributed by atoms with Crippen molar-refractivity contribution >= 4 is 35.4 Å². The number of likely N-dealkylation sites (N-methyl/N-ethyl adjacent to an activating group) is 1. The maximum Gasteiger partial charge on any atom is 0.335 e. The molecule has 0 spiro atoms. The number of urea groups is 1. The number of nitrogens with zero attached hydrogens (tertiary/aromatic N) is 3. The Labute approximate surface area is 144 Å². The van der Waals surface area contributed by atoms with E-state index < -0.39 is 30.3 Å². The Balaban J connectivity index is 2.01. The standard InChI is InChI=1S/C16H16ClN3O4/c1-3-8-19-14(22)15(23)20(16(19)24)10-13(21)18(2)9-11-4-6-12(17)7-5-11/h3-7H,1,8-10H2,2H3. The maximum atomic E-state index is 12.2. The van der Waals surface area contributed by atoms with Gasteiger partial charge in [0.2, 0.25) is 5.91 Å². The summed E-state index contributed by atoms with van der Waals surface area (Å²) < 4.78 is 0. The summed E-state index contributed by atoms with van der Waals surface area (Å²) in [6.45, 7) is 3.15. The molecule has 7 nitrogen and oxygen atoms in total. The fourth-order valence-electron chi connectivity index (χ4n) is 2.19. The van der Waals surface area contributed by atoms with Crippen molar-refractivity contribution in [3.8, 4) is 0 Å². The number of benzene rings is 1. The molecular weight excluding hydrogens is 334 g/mol. The van der Waals surface area contributed by atoms with Crippen molar-refractivity contribution in [1.82, 2.24) is 14.7 Å². The molecule has 0 saturated carbocycles. The molecule has 0 radical (unpaired) electrons. The van der Waals surface area contributed by atoms with Gasteiger partial charge >= 0.3 is 17.8 Å². The lowest BCUT2D eigenvalue weighted by Crippen LogP contribution is -2.42. The molecule has 5 amide bonds. The quantitative estimate of drug-likeness (QED) is 0.440. The van der Waals surface area contributed by atoms with Crippen LogP contribution in [0, 0.1) is 0 Å². The van der Waals surface area contributed by atoms with Crippen molar-refractivity contribution in [2.75, 3.05) is 20.1 Å². The zero-order valence-electron chi connectivity index (χ0n) is 13.1. The first-order valence-electron chi connectivity index (χ1n) is 7.11. The first-order valence-corrected chi connectivity index (χ1v) is 7.49. The largest absolute Gasteiger partial charge is 0.340 e. The van der Waals surface area contributed by atoms with E-state index in [9.17, 15) is 19.2 Å². The summed E-state index contributed by atoms with van der Waals surface area (Å²) in [7, 11) is 1.55. The molecule has 0 bridgehead atoms. The summed E-state index contributed by atoms with van der Waals surface area (Å²) in [6, 6.07) is 6.14. The summed E-state index contributed by atoms with van der Waals surface area (Å²) in [6.07, 6.45) is 1.33. The van der Waals surface area contributed by atoms with Crippen LogP contribution in [-0.4, -0.2) is 58.6 Å². The zero-order valence-corrected chi connectivity index (χ0v) is 13.8. The molecular formula is C16H16ClN3O4. The fourth-order valence-corrected chi connectivity index (χ4v) is 2.31. The van der Waals surface area contributed by atoms with Crippen LogP contribution >= 0.6 is 11.6 Å². The number of rotatable bonds is 6. The van der Waals surface area contributed by atoms with Gasteiger partial charge in [-0.15, -0.1) is 6.58 Å². The number of carbonyl (C=O) groups excluding carboxylic acids is 4. The lowest BCUT2D eigenvalue weighted by Gasteiger charge is -2.20. The molecule has 0 aromatic heterocycles. The van der Waals surface area contributed by atoms with Gasteiger partial charge in [0.15, 0.2) is 0 Å². The van der Waals surface area contributed by atoms with Crippen LogP contribution in [0.3, 0.4) is 0 Å². The van der Waals surface area contributed by atoms with Crippen molar-refractivity contribution in [2.45, 2.75) is 6.54 Å². The van der Waals surface area contributed by atoms with Gasteiger partial charge in [0, 0.05) is 25.2 Å². The molecule has 1 aliphatic rings. The summed E-state index contributed by atoms with van der Waals surface area (Å²) in [4.78, 5) is 50.6. The number of imide groups is 2. The third kappa shape index (κ3) is 3.62. The third-order valence-corrected chi connectivity index (χ3v) is 3.75. The van der Waals surface area contributed by atoms with E-state index in [-0.39, 0.29) is 13.1 Å². The average molecular weight is 350 g/mol. The van der Waals surface area contributed by atoms with Crippen LogP contribution < -0.4 is 0 Å². The zero-order chi connectivity index (χ0) is 17.9. The number of hydrogen-bond acceptors (Lipinski definition) is 4. The second-order valence-electron chi connectivity index (χ2n) is 5.25. The molecule has 1 heterocycles. The van der Waals surface area contributed by atoms with Gasteiger partial charge in [0.1, 0.15) is 6.54 Å². The van der Waals surface area contributed by atoms with Crippen molar-refractivity contribution in [1.29, 1.82) is 0 Å². The van der Waals surface area contributed by atoms with Gasteiger partial charge in [-0.25, -0.2) is 9.69 Å². The second-order valence-corrected chi connectivity index (χ2v) is 5.69. The van der Waals surface area contributed by atoms with E-state index in [4.69, 9.17) is 11.6 Å². The van der Waals surface area contributed by atoms with E-state index in [1.54, 1.807) is 31.3 Å². The van der Waals surface area contributed by atoms with Crippen LogP contribution in [-0.2, 0) is 20.9 Å². The van der Waals surface area contributed by atoms with E-state index >= 15 is 0 Å². The Bertz CT molecular complexity index is 702. The van der Waals surface area contributed by atoms with Gasteiger partial charge < -0.3 is 4.90 Å². The smallest absolute Gasteiger partial charge is 0.335 e. The normalized spacial score (nSPS) is 14.3. The van der Waals surface area contributed by atoms with E-state index in [2.05, 4.69) is 6.58 Å². The number of halogens is 1. The number of carbonyl (C=O) groups is 4. The van der Waals surface area contributed by atoms with Gasteiger partial charge in [-0.1, -0.05) is 29.8 Å². The highest BCUT2D eigenvalue weighted by atomic mass is 35.5. The fraction of sp³-hybridized carbons (Fsp3) is 0.250. The SMILES string of the molecule is C=CCN1C(=O)C(=O)N(CC(=O)N(C)Cc2ccc(Cl)cc2)C1=O. The van der Waals surface area contributed by atoms with Crippen molar-refractivity contribution in [2.24, 2.45) is 0 Å². The molecule has 0 N–H and O–H groups in total. The molecule has 1 aliphatic heterocycles. The van der Waals surface area contributed by atoms with Crippen LogP contribution in [0.25, 0.3) is 0 Å². The van der Waals surface area contributed by atoms with Gasteiger partial charge in [-0.05, 0) is 17.7 Å². The highest BCUT2D eigenvalue weighted by molar-refractivity contribution is 6.45. The van der Waals surface area contributed by atoms with E-state index in [1.807, 2.05) is 0 Å². The van der Waals surface area contributed by atoms with E-state index in [0.717, 1.165) is 10.5 Å². The Morgan fingerprint density at radius 1 is 1.17 bits per heavy atom. The molecule has 126 valence electrons. The van der Waals surface area contributed by atoms with E-state index in [0.29, 0.717) is 9.92 Å². The molecule has 1 aromatic carbocycles. The predicted molar refractivity (Wildman–Crippen MR) is 86.9 cm³/mol. The van der Waals surface area contributed by atoms with Crippen molar-refractivity contribution < 1.29 is 19.2 Å². The summed E-state index contributed by atoms with van der Waals surface area (Å²) >= 11 is 5.80. The van der Waals surface area contributed by atoms with Gasteiger partial charge in [0.05, 0.1) is 0 Å². The molecule has 0 atom stereocenters. The molecule has 1 saturated heterocycles. The van der Waals surface area contributed by atoms with Gasteiger partial charge in [0.25, 0.3) is 0 Å². The van der Waals surface area contributed by atoms with Crippen molar-refractivity contribution in [3.05, 3.63) is 47.5 Å². The Hall–Kier alpha value is -2.67.